The van der Waals surface area contributed by atoms with Crippen LogP contribution in [-0.4, -0.2) is 37.3 Å². The number of benzene rings is 1. The van der Waals surface area contributed by atoms with Crippen molar-refractivity contribution in [1.29, 1.82) is 0 Å². The first-order valence-electron chi connectivity index (χ1n) is 9.09. The number of hydrogen-bond acceptors (Lipinski definition) is 4. The summed E-state index contributed by atoms with van der Waals surface area (Å²) in [4.78, 5) is 12.7. The molecule has 1 aromatic carbocycles. The zero-order valence-electron chi connectivity index (χ0n) is 14.9. The summed E-state index contributed by atoms with van der Waals surface area (Å²) < 4.78 is 27.5. The standard InChI is InChI=1S/C18H27N3O3S.ClH/c19-18(10-4-5-11-18)17(22)20-14-15-8-2-3-9-16(15)25(23,24)21-12-6-1-7-13-21;/h2-3,8-9H,1,4-7,10-14,19H2,(H,20,22);1H. The zero-order valence-corrected chi connectivity index (χ0v) is 16.6. The number of carbonyl (C=O) groups is 1. The number of nitrogens with one attached hydrogen (secondary N) is 1. The fourth-order valence-corrected chi connectivity index (χ4v) is 5.47. The predicted octanol–water partition coefficient (Wildman–Crippen LogP) is 2.17. The molecule has 1 saturated heterocycles. The van der Waals surface area contributed by atoms with Crippen LogP contribution in [0.4, 0.5) is 0 Å². The van der Waals surface area contributed by atoms with Gasteiger partial charge in [0.25, 0.3) is 0 Å². The SMILES string of the molecule is Cl.NC1(C(=O)NCc2ccccc2S(=O)(=O)N2CCCCC2)CCCC1. The van der Waals surface area contributed by atoms with Crippen LogP contribution in [0.2, 0.25) is 0 Å². The number of hydrogen-bond donors (Lipinski definition) is 2. The Morgan fingerprint density at radius 2 is 1.69 bits per heavy atom. The van der Waals surface area contributed by atoms with Gasteiger partial charge in [-0.25, -0.2) is 8.42 Å². The summed E-state index contributed by atoms with van der Waals surface area (Å²) in [6.45, 7) is 1.31. The summed E-state index contributed by atoms with van der Waals surface area (Å²) in [5, 5.41) is 2.85. The molecule has 0 bridgehead atoms. The van der Waals surface area contributed by atoms with E-state index in [0.29, 0.717) is 31.5 Å². The summed E-state index contributed by atoms with van der Waals surface area (Å²) in [5.41, 5.74) is 5.98. The predicted molar refractivity (Wildman–Crippen MR) is 104 cm³/mol. The Labute approximate surface area is 162 Å². The minimum Gasteiger partial charge on any atom is -0.350 e. The number of carbonyl (C=O) groups excluding carboxylic acids is 1. The van der Waals surface area contributed by atoms with Crippen LogP contribution in [0.15, 0.2) is 29.2 Å². The molecule has 2 aliphatic rings. The Bertz CT molecular complexity index is 727. The third-order valence-electron chi connectivity index (χ3n) is 5.29. The Hall–Kier alpha value is -1.15. The number of nitrogens with zero attached hydrogens (tertiary/aromatic N) is 1. The molecular weight excluding hydrogens is 374 g/mol. The molecule has 146 valence electrons. The largest absolute Gasteiger partial charge is 0.350 e. The lowest BCUT2D eigenvalue weighted by atomic mass is 9.98. The summed E-state index contributed by atoms with van der Waals surface area (Å²) in [7, 11) is -3.52. The van der Waals surface area contributed by atoms with Crippen molar-refractivity contribution in [2.45, 2.75) is 61.9 Å². The molecule has 0 atom stereocenters. The average Bonchev–Trinajstić information content (AvgIpc) is 3.08. The number of halogens is 1. The molecule has 1 aliphatic carbocycles. The number of sulfonamides is 1. The topological polar surface area (TPSA) is 92.5 Å². The lowest BCUT2D eigenvalue weighted by Gasteiger charge is -2.27. The lowest BCUT2D eigenvalue weighted by molar-refractivity contribution is -0.126. The van der Waals surface area contributed by atoms with Gasteiger partial charge in [0, 0.05) is 19.6 Å². The highest BCUT2D eigenvalue weighted by Gasteiger charge is 2.37. The molecular formula is C18H28ClN3O3S. The Kier molecular flexibility index (Phi) is 7.07. The smallest absolute Gasteiger partial charge is 0.243 e. The van der Waals surface area contributed by atoms with Crippen LogP contribution < -0.4 is 11.1 Å². The lowest BCUT2D eigenvalue weighted by Crippen LogP contribution is -2.51. The van der Waals surface area contributed by atoms with Gasteiger partial charge in [0.15, 0.2) is 0 Å². The van der Waals surface area contributed by atoms with Crippen LogP contribution in [0.25, 0.3) is 0 Å². The van der Waals surface area contributed by atoms with Crippen LogP contribution in [0.5, 0.6) is 0 Å². The van der Waals surface area contributed by atoms with Crippen molar-refractivity contribution in [2.75, 3.05) is 13.1 Å². The highest BCUT2D eigenvalue weighted by Crippen LogP contribution is 2.28. The summed E-state index contributed by atoms with van der Waals surface area (Å²) in [5.74, 6) is -0.185. The maximum atomic E-state index is 13.0. The van der Waals surface area contributed by atoms with E-state index in [9.17, 15) is 13.2 Å². The number of amides is 1. The van der Waals surface area contributed by atoms with E-state index in [1.807, 2.05) is 0 Å². The van der Waals surface area contributed by atoms with Gasteiger partial charge < -0.3 is 11.1 Å². The number of rotatable bonds is 5. The van der Waals surface area contributed by atoms with Gasteiger partial charge in [-0.3, -0.25) is 4.79 Å². The van der Waals surface area contributed by atoms with E-state index >= 15 is 0 Å². The van der Waals surface area contributed by atoms with E-state index in [1.54, 1.807) is 28.6 Å². The van der Waals surface area contributed by atoms with Gasteiger partial charge in [0.05, 0.1) is 10.4 Å². The molecule has 0 unspecified atom stereocenters. The summed E-state index contributed by atoms with van der Waals surface area (Å²) in [6, 6.07) is 6.90. The molecule has 2 fully saturated rings. The van der Waals surface area contributed by atoms with Crippen molar-refractivity contribution in [3.63, 3.8) is 0 Å². The van der Waals surface area contributed by atoms with Crippen LogP contribution in [0, 0.1) is 0 Å². The summed E-state index contributed by atoms with van der Waals surface area (Å²) >= 11 is 0. The van der Waals surface area contributed by atoms with Gasteiger partial charge >= 0.3 is 0 Å². The molecule has 1 aliphatic heterocycles. The first kappa shape index (κ1) is 21.2. The highest BCUT2D eigenvalue weighted by atomic mass is 35.5. The fraction of sp³-hybridized carbons (Fsp3) is 0.611. The van der Waals surface area contributed by atoms with E-state index in [1.165, 1.54) is 0 Å². The molecule has 0 aromatic heterocycles. The van der Waals surface area contributed by atoms with Crippen LogP contribution in [0.1, 0.15) is 50.5 Å². The molecule has 26 heavy (non-hydrogen) atoms. The Balaban J connectivity index is 0.00000243. The first-order chi connectivity index (χ1) is 11.9. The molecule has 6 nitrogen and oxygen atoms in total. The quantitative estimate of drug-likeness (QED) is 0.790. The van der Waals surface area contributed by atoms with Gasteiger partial charge in [-0.2, -0.15) is 4.31 Å². The van der Waals surface area contributed by atoms with Crippen molar-refractivity contribution >= 4 is 28.3 Å². The van der Waals surface area contributed by atoms with Gasteiger partial charge in [-0.15, -0.1) is 12.4 Å². The van der Waals surface area contributed by atoms with Crippen molar-refractivity contribution in [1.82, 2.24) is 9.62 Å². The zero-order chi connectivity index (χ0) is 17.9. The molecule has 1 aromatic rings. The van der Waals surface area contributed by atoms with E-state index < -0.39 is 15.6 Å². The third kappa shape index (κ3) is 4.39. The highest BCUT2D eigenvalue weighted by molar-refractivity contribution is 7.89. The van der Waals surface area contributed by atoms with Gasteiger partial charge in [-0.1, -0.05) is 37.5 Å². The van der Waals surface area contributed by atoms with E-state index in [-0.39, 0.29) is 29.8 Å². The van der Waals surface area contributed by atoms with Crippen molar-refractivity contribution in [3.8, 4) is 0 Å². The monoisotopic (exact) mass is 401 g/mol. The second-order valence-corrected chi connectivity index (χ2v) is 9.02. The van der Waals surface area contributed by atoms with Gasteiger partial charge in [0.1, 0.15) is 0 Å². The van der Waals surface area contributed by atoms with E-state index in [4.69, 9.17) is 5.73 Å². The van der Waals surface area contributed by atoms with Crippen molar-refractivity contribution < 1.29 is 13.2 Å². The minimum atomic E-state index is -3.52. The number of nitrogens with two attached hydrogens (primary N) is 1. The van der Waals surface area contributed by atoms with Crippen molar-refractivity contribution in [3.05, 3.63) is 29.8 Å². The second-order valence-electron chi connectivity index (χ2n) is 7.12. The summed E-state index contributed by atoms with van der Waals surface area (Å²) in [6.07, 6.45) is 6.16. The molecule has 1 amide bonds. The van der Waals surface area contributed by atoms with Crippen LogP contribution in [-0.2, 0) is 21.4 Å². The maximum Gasteiger partial charge on any atom is 0.243 e. The Morgan fingerprint density at radius 3 is 2.35 bits per heavy atom. The molecule has 8 heteroatoms. The van der Waals surface area contributed by atoms with Crippen molar-refractivity contribution in [2.24, 2.45) is 5.73 Å². The van der Waals surface area contributed by atoms with Gasteiger partial charge in [-0.05, 0) is 37.3 Å². The van der Waals surface area contributed by atoms with Crippen LogP contribution in [0.3, 0.4) is 0 Å². The molecule has 1 heterocycles. The first-order valence-corrected chi connectivity index (χ1v) is 10.5. The molecule has 3 N–H and O–H groups in total. The normalized spacial score (nSPS) is 20.3. The molecule has 1 saturated carbocycles. The second kappa shape index (κ2) is 8.69. The fourth-order valence-electron chi connectivity index (χ4n) is 3.73. The number of piperidine rings is 1. The third-order valence-corrected chi connectivity index (χ3v) is 7.29. The average molecular weight is 402 g/mol. The minimum absolute atomic E-state index is 0. The van der Waals surface area contributed by atoms with Crippen LogP contribution >= 0.6 is 12.4 Å². The molecule has 0 radical (unpaired) electrons. The maximum absolute atomic E-state index is 13.0. The molecule has 0 spiro atoms. The molecule has 3 rings (SSSR count). The Morgan fingerprint density at radius 1 is 1.08 bits per heavy atom. The van der Waals surface area contributed by atoms with E-state index in [0.717, 1.165) is 32.1 Å². The van der Waals surface area contributed by atoms with E-state index in [2.05, 4.69) is 5.32 Å². The van der Waals surface area contributed by atoms with Gasteiger partial charge in [0.2, 0.25) is 15.9 Å².